The van der Waals surface area contributed by atoms with Gasteiger partial charge >= 0.3 is 16.9 Å². The normalized spacial score (nSPS) is 10.3. The molecule has 0 unspecified atom stereocenters. The predicted molar refractivity (Wildman–Crippen MR) is 77.6 cm³/mol. The Morgan fingerprint density at radius 2 is 1.95 bits per heavy atom. The first-order valence-electron chi connectivity index (χ1n) is 5.84. The SMILES string of the molecule is O=c1[nH]c(=O)n(CCOc2ccc(Br)cc2)cc1[N+](=O)[O-]. The summed E-state index contributed by atoms with van der Waals surface area (Å²) in [5, 5.41) is 10.6. The molecule has 0 amide bonds. The van der Waals surface area contributed by atoms with Crippen LogP contribution in [0, 0.1) is 10.1 Å². The van der Waals surface area contributed by atoms with Gasteiger partial charge in [-0.3, -0.25) is 24.5 Å². The highest BCUT2D eigenvalue weighted by molar-refractivity contribution is 9.10. The van der Waals surface area contributed by atoms with Crippen molar-refractivity contribution in [2.24, 2.45) is 0 Å². The highest BCUT2D eigenvalue weighted by Gasteiger charge is 2.14. The van der Waals surface area contributed by atoms with Crippen molar-refractivity contribution in [2.75, 3.05) is 6.61 Å². The van der Waals surface area contributed by atoms with Crippen molar-refractivity contribution in [3.8, 4) is 5.75 Å². The second-order valence-electron chi connectivity index (χ2n) is 4.03. The number of hydrogen-bond acceptors (Lipinski definition) is 5. The summed E-state index contributed by atoms with van der Waals surface area (Å²) < 4.78 is 7.34. The molecule has 1 aromatic heterocycles. The van der Waals surface area contributed by atoms with Crippen LogP contribution in [0.25, 0.3) is 0 Å². The van der Waals surface area contributed by atoms with Gasteiger partial charge in [0, 0.05) is 4.47 Å². The van der Waals surface area contributed by atoms with Crippen molar-refractivity contribution >= 4 is 21.6 Å². The van der Waals surface area contributed by atoms with Gasteiger partial charge in [-0.1, -0.05) is 15.9 Å². The Kier molecular flexibility index (Phi) is 4.53. The molecule has 1 N–H and O–H groups in total. The lowest BCUT2D eigenvalue weighted by molar-refractivity contribution is -0.386. The number of nitro groups is 1. The summed E-state index contributed by atoms with van der Waals surface area (Å²) >= 11 is 3.29. The summed E-state index contributed by atoms with van der Waals surface area (Å²) in [6.45, 7) is 0.206. The van der Waals surface area contributed by atoms with E-state index >= 15 is 0 Å². The highest BCUT2D eigenvalue weighted by atomic mass is 79.9. The van der Waals surface area contributed by atoms with Gasteiger partial charge in [0.2, 0.25) is 0 Å². The minimum Gasteiger partial charge on any atom is -0.492 e. The van der Waals surface area contributed by atoms with Crippen molar-refractivity contribution in [1.82, 2.24) is 9.55 Å². The molecule has 0 aliphatic heterocycles. The summed E-state index contributed by atoms with van der Waals surface area (Å²) in [6, 6.07) is 7.07. The van der Waals surface area contributed by atoms with Crippen LogP contribution in [-0.4, -0.2) is 21.1 Å². The van der Waals surface area contributed by atoms with Crippen molar-refractivity contribution in [1.29, 1.82) is 0 Å². The average molecular weight is 356 g/mol. The number of nitrogens with one attached hydrogen (secondary N) is 1. The summed E-state index contributed by atoms with van der Waals surface area (Å²) in [4.78, 5) is 34.4. The van der Waals surface area contributed by atoms with Crippen LogP contribution in [-0.2, 0) is 6.54 Å². The van der Waals surface area contributed by atoms with E-state index in [1.165, 1.54) is 0 Å². The predicted octanol–water partition coefficient (Wildman–Crippen LogP) is 1.29. The van der Waals surface area contributed by atoms with Crippen LogP contribution in [0.2, 0.25) is 0 Å². The Morgan fingerprint density at radius 1 is 1.29 bits per heavy atom. The molecule has 2 aromatic rings. The molecule has 0 atom stereocenters. The largest absolute Gasteiger partial charge is 0.492 e. The standard InChI is InChI=1S/C12H10BrN3O5/c13-8-1-3-9(4-2-8)21-6-5-15-7-10(16(19)20)11(17)14-12(15)18/h1-4,7H,5-6H2,(H,14,17,18). The molecule has 0 fully saturated rings. The highest BCUT2D eigenvalue weighted by Crippen LogP contribution is 2.15. The van der Waals surface area contributed by atoms with Crippen LogP contribution in [0.3, 0.4) is 0 Å². The van der Waals surface area contributed by atoms with Crippen molar-refractivity contribution in [3.63, 3.8) is 0 Å². The molecule has 1 heterocycles. The van der Waals surface area contributed by atoms with Gasteiger partial charge < -0.3 is 4.74 Å². The topological polar surface area (TPSA) is 107 Å². The van der Waals surface area contributed by atoms with Crippen LogP contribution < -0.4 is 16.0 Å². The Bertz CT molecular complexity index is 766. The van der Waals surface area contributed by atoms with E-state index < -0.39 is 21.9 Å². The van der Waals surface area contributed by atoms with Gasteiger partial charge in [0.1, 0.15) is 12.4 Å². The number of nitrogens with zero attached hydrogens (tertiary/aromatic N) is 2. The Balaban J connectivity index is 2.08. The van der Waals surface area contributed by atoms with E-state index in [1.807, 2.05) is 4.98 Å². The number of aromatic amines is 1. The molecule has 0 bridgehead atoms. The smallest absolute Gasteiger partial charge is 0.350 e. The zero-order valence-corrected chi connectivity index (χ0v) is 12.2. The van der Waals surface area contributed by atoms with Crippen molar-refractivity contribution in [2.45, 2.75) is 6.54 Å². The molecule has 0 aliphatic rings. The van der Waals surface area contributed by atoms with Gasteiger partial charge in [0.25, 0.3) is 0 Å². The molecule has 21 heavy (non-hydrogen) atoms. The average Bonchev–Trinajstić information content (AvgIpc) is 2.43. The number of aromatic nitrogens is 2. The van der Waals surface area contributed by atoms with E-state index in [0.717, 1.165) is 15.2 Å². The Labute approximate surface area is 126 Å². The summed E-state index contributed by atoms with van der Waals surface area (Å²) in [5.74, 6) is 0.602. The molecule has 9 heteroatoms. The zero-order valence-electron chi connectivity index (χ0n) is 10.6. The number of halogens is 1. The summed E-state index contributed by atoms with van der Waals surface area (Å²) in [7, 11) is 0. The van der Waals surface area contributed by atoms with Gasteiger partial charge in [0.05, 0.1) is 17.7 Å². The van der Waals surface area contributed by atoms with Gasteiger partial charge in [0.15, 0.2) is 0 Å². The molecular weight excluding hydrogens is 346 g/mol. The first kappa shape index (κ1) is 15.0. The molecule has 2 rings (SSSR count). The van der Waals surface area contributed by atoms with Crippen LogP contribution in [0.4, 0.5) is 5.69 Å². The van der Waals surface area contributed by atoms with Gasteiger partial charge in [-0.25, -0.2) is 4.79 Å². The van der Waals surface area contributed by atoms with E-state index in [0.29, 0.717) is 5.75 Å². The molecule has 110 valence electrons. The molecule has 0 radical (unpaired) electrons. The van der Waals surface area contributed by atoms with E-state index in [-0.39, 0.29) is 13.2 Å². The van der Waals surface area contributed by atoms with Gasteiger partial charge in [-0.15, -0.1) is 0 Å². The second kappa shape index (κ2) is 6.35. The van der Waals surface area contributed by atoms with E-state index in [2.05, 4.69) is 15.9 Å². The number of rotatable bonds is 5. The molecule has 1 aromatic carbocycles. The Hall–Kier alpha value is -2.42. The zero-order chi connectivity index (χ0) is 15.4. The Morgan fingerprint density at radius 3 is 2.57 bits per heavy atom. The molecule has 0 spiro atoms. The lowest BCUT2D eigenvalue weighted by Gasteiger charge is -2.07. The summed E-state index contributed by atoms with van der Waals surface area (Å²) in [5.41, 5.74) is -2.42. The van der Waals surface area contributed by atoms with Crippen molar-refractivity contribution < 1.29 is 9.66 Å². The fourth-order valence-electron chi connectivity index (χ4n) is 1.59. The molecule has 0 aliphatic carbocycles. The first-order chi connectivity index (χ1) is 9.97. The van der Waals surface area contributed by atoms with Gasteiger partial charge in [-0.2, -0.15) is 0 Å². The number of H-pyrrole nitrogens is 1. The molecule has 0 saturated carbocycles. The van der Waals surface area contributed by atoms with Gasteiger partial charge in [-0.05, 0) is 24.3 Å². The monoisotopic (exact) mass is 355 g/mol. The van der Waals surface area contributed by atoms with Crippen LogP contribution in [0.1, 0.15) is 0 Å². The fourth-order valence-corrected chi connectivity index (χ4v) is 1.85. The minimum absolute atomic E-state index is 0.0759. The molecule has 0 saturated heterocycles. The number of hydrogen-bond donors (Lipinski definition) is 1. The maximum Gasteiger partial charge on any atom is 0.350 e. The summed E-state index contributed by atoms with van der Waals surface area (Å²) in [6.07, 6.45) is 0.909. The quantitative estimate of drug-likeness (QED) is 0.642. The maximum absolute atomic E-state index is 11.5. The molecular formula is C12H10BrN3O5. The van der Waals surface area contributed by atoms with Crippen LogP contribution in [0.15, 0.2) is 44.5 Å². The second-order valence-corrected chi connectivity index (χ2v) is 4.94. The lowest BCUT2D eigenvalue weighted by Crippen LogP contribution is -2.32. The minimum atomic E-state index is -1.02. The third-order valence-electron chi connectivity index (χ3n) is 2.60. The third kappa shape index (κ3) is 3.78. The number of benzene rings is 1. The molecule has 8 nitrogen and oxygen atoms in total. The van der Waals surface area contributed by atoms with Crippen LogP contribution >= 0.6 is 15.9 Å². The van der Waals surface area contributed by atoms with E-state index in [9.17, 15) is 19.7 Å². The van der Waals surface area contributed by atoms with E-state index in [4.69, 9.17) is 4.74 Å². The third-order valence-corrected chi connectivity index (χ3v) is 3.13. The van der Waals surface area contributed by atoms with Crippen LogP contribution in [0.5, 0.6) is 5.75 Å². The van der Waals surface area contributed by atoms with E-state index in [1.54, 1.807) is 24.3 Å². The number of ether oxygens (including phenoxy) is 1. The maximum atomic E-state index is 11.5. The first-order valence-corrected chi connectivity index (χ1v) is 6.63. The fraction of sp³-hybridized carbons (Fsp3) is 0.167. The van der Waals surface area contributed by atoms with Crippen molar-refractivity contribution in [3.05, 3.63) is 65.9 Å². The lowest BCUT2D eigenvalue weighted by atomic mass is 10.3.